The number of benzene rings is 1. The highest BCUT2D eigenvalue weighted by atomic mass is 32.2. The number of anilines is 4. The van der Waals surface area contributed by atoms with E-state index in [9.17, 15) is 8.42 Å². The minimum absolute atomic E-state index is 0.141. The van der Waals surface area contributed by atoms with E-state index in [1.807, 2.05) is 11.8 Å². The highest BCUT2D eigenvalue weighted by molar-refractivity contribution is 7.91. The molecule has 1 aromatic carbocycles. The molecule has 1 atom stereocenters. The Hall–Kier alpha value is -2.59. The lowest BCUT2D eigenvalue weighted by Gasteiger charge is -2.30. The zero-order chi connectivity index (χ0) is 21.6. The summed E-state index contributed by atoms with van der Waals surface area (Å²) in [5, 5.41) is 6.88. The molecule has 0 unspecified atom stereocenters. The fourth-order valence-corrected chi connectivity index (χ4v) is 5.71. The van der Waals surface area contributed by atoms with Crippen molar-refractivity contribution in [3.63, 3.8) is 0 Å². The second kappa shape index (κ2) is 7.83. The Kier molecular flexibility index (Phi) is 5.13. The van der Waals surface area contributed by atoms with Gasteiger partial charge in [-0.25, -0.2) is 18.4 Å². The smallest absolute Gasteiger partial charge is 0.153 e. The van der Waals surface area contributed by atoms with Crippen molar-refractivity contribution >= 4 is 32.8 Å². The number of aromatic nitrogens is 2. The van der Waals surface area contributed by atoms with Crippen LogP contribution in [-0.2, 0) is 9.84 Å². The van der Waals surface area contributed by atoms with Crippen LogP contribution in [0.4, 0.5) is 23.0 Å². The van der Waals surface area contributed by atoms with E-state index in [-0.39, 0.29) is 17.6 Å². The van der Waals surface area contributed by atoms with Crippen LogP contribution < -0.4 is 25.2 Å². The van der Waals surface area contributed by atoms with Gasteiger partial charge in [-0.05, 0) is 31.5 Å². The van der Waals surface area contributed by atoms with Crippen LogP contribution in [0.15, 0.2) is 18.5 Å². The molecule has 3 aliphatic heterocycles. The van der Waals surface area contributed by atoms with Crippen molar-refractivity contribution in [2.45, 2.75) is 20.0 Å². The van der Waals surface area contributed by atoms with Gasteiger partial charge in [-0.1, -0.05) is 0 Å². The molecule has 166 valence electrons. The molecule has 1 aromatic heterocycles. The van der Waals surface area contributed by atoms with Crippen molar-refractivity contribution in [3.05, 3.63) is 29.6 Å². The van der Waals surface area contributed by atoms with Crippen LogP contribution in [0.1, 0.15) is 24.2 Å². The third-order valence-electron chi connectivity index (χ3n) is 6.20. The molecule has 0 amide bonds. The number of piperazine rings is 1. The van der Waals surface area contributed by atoms with Gasteiger partial charge in [0.25, 0.3) is 0 Å². The van der Waals surface area contributed by atoms with Gasteiger partial charge in [0.15, 0.2) is 9.84 Å². The maximum Gasteiger partial charge on any atom is 0.153 e. The van der Waals surface area contributed by atoms with Gasteiger partial charge in [0.05, 0.1) is 22.8 Å². The summed E-state index contributed by atoms with van der Waals surface area (Å²) in [5.41, 5.74) is 3.99. The van der Waals surface area contributed by atoms with Gasteiger partial charge >= 0.3 is 0 Å². The highest BCUT2D eigenvalue weighted by Gasteiger charge is 2.31. The topological polar surface area (TPSA) is 99.7 Å². The van der Waals surface area contributed by atoms with Crippen LogP contribution in [0.25, 0.3) is 0 Å². The fourth-order valence-electron chi connectivity index (χ4n) is 4.51. The lowest BCUT2D eigenvalue weighted by Crippen LogP contribution is -2.43. The number of nitrogens with one attached hydrogen (secondary N) is 2. The molecule has 3 aliphatic rings. The Balaban J connectivity index is 1.51. The number of rotatable bonds is 2. The molecule has 9 nitrogen and oxygen atoms in total. The van der Waals surface area contributed by atoms with Gasteiger partial charge in [-0.15, -0.1) is 0 Å². The molecule has 2 N–H and O–H groups in total. The normalized spacial score (nSPS) is 22.6. The second-order valence-electron chi connectivity index (χ2n) is 8.36. The summed E-state index contributed by atoms with van der Waals surface area (Å²) in [6.45, 7) is 8.80. The summed E-state index contributed by atoms with van der Waals surface area (Å²) in [6.07, 6.45) is 1.26. The van der Waals surface area contributed by atoms with E-state index in [4.69, 9.17) is 4.74 Å². The molecule has 2 saturated heterocycles. The number of fused-ring (bicyclic) bond motifs is 2. The van der Waals surface area contributed by atoms with Gasteiger partial charge in [-0.3, -0.25) is 0 Å². The van der Waals surface area contributed by atoms with E-state index in [0.717, 1.165) is 54.6 Å². The third-order valence-corrected chi connectivity index (χ3v) is 7.81. The van der Waals surface area contributed by atoms with E-state index >= 15 is 0 Å². The zero-order valence-corrected chi connectivity index (χ0v) is 18.7. The van der Waals surface area contributed by atoms with E-state index in [2.05, 4.69) is 44.6 Å². The fraction of sp³-hybridized carbons (Fsp3) is 0.524. The quantitative estimate of drug-likeness (QED) is 0.716. The first-order valence-corrected chi connectivity index (χ1v) is 12.6. The van der Waals surface area contributed by atoms with Crippen LogP contribution in [-0.4, -0.2) is 69.2 Å². The first-order valence-electron chi connectivity index (χ1n) is 10.8. The third kappa shape index (κ3) is 3.89. The number of hydrogen-bond donors (Lipinski definition) is 2. The Morgan fingerprint density at radius 1 is 1.06 bits per heavy atom. The molecular weight excluding hydrogens is 416 g/mol. The molecule has 31 heavy (non-hydrogen) atoms. The Labute approximate surface area is 182 Å². The Morgan fingerprint density at radius 3 is 2.55 bits per heavy atom. The summed E-state index contributed by atoms with van der Waals surface area (Å²) in [7, 11) is -2.97. The van der Waals surface area contributed by atoms with E-state index in [1.165, 1.54) is 12.0 Å². The first kappa shape index (κ1) is 20.3. The van der Waals surface area contributed by atoms with Crippen LogP contribution in [0.5, 0.6) is 5.75 Å². The van der Waals surface area contributed by atoms with Crippen LogP contribution in [0.3, 0.4) is 0 Å². The molecule has 0 radical (unpaired) electrons. The molecule has 10 heteroatoms. The van der Waals surface area contributed by atoms with Crippen LogP contribution in [0, 0.1) is 6.92 Å². The molecule has 2 fully saturated rings. The minimum Gasteiger partial charge on any atom is -0.483 e. The van der Waals surface area contributed by atoms with Crippen LogP contribution in [0.2, 0.25) is 0 Å². The molecule has 0 saturated carbocycles. The first-order chi connectivity index (χ1) is 14.9. The molecule has 5 rings (SSSR count). The van der Waals surface area contributed by atoms with Gasteiger partial charge < -0.3 is 25.2 Å². The van der Waals surface area contributed by atoms with Crippen molar-refractivity contribution in [3.8, 4) is 5.75 Å². The lowest BCUT2D eigenvalue weighted by atomic mass is 10.1. The van der Waals surface area contributed by atoms with Crippen LogP contribution >= 0.6 is 0 Å². The average Bonchev–Trinajstić information content (AvgIpc) is 2.90. The number of aryl methyl sites for hydroxylation is 1. The molecular formula is C21H28N6O3S. The summed E-state index contributed by atoms with van der Waals surface area (Å²) in [4.78, 5) is 13.4. The molecule has 0 bridgehead atoms. The maximum atomic E-state index is 11.9. The standard InChI is InChI=1S/C21H28N6O3S/c1-14-11-16(26-5-3-22-4-6-26)12-17-19(14)30-15(2)18-20(25-17)23-13-24-21(18)27-7-9-31(28,29)10-8-27/h11-13,15,22H,3-10H2,1-2H3,(H,23,24,25)/t15-/m1/s1. The lowest BCUT2D eigenvalue weighted by molar-refractivity contribution is 0.229. The number of sulfone groups is 1. The SMILES string of the molecule is Cc1cc(N2CCNCC2)cc2c1O[C@H](C)c1c(ncnc1N1CCS(=O)(=O)CC1)N2. The second-order valence-corrected chi connectivity index (χ2v) is 10.7. The van der Waals surface area contributed by atoms with E-state index in [1.54, 1.807) is 0 Å². The largest absolute Gasteiger partial charge is 0.483 e. The van der Waals surface area contributed by atoms with Gasteiger partial charge in [0.1, 0.15) is 29.8 Å². The highest BCUT2D eigenvalue weighted by Crippen LogP contribution is 2.44. The molecule has 0 spiro atoms. The minimum atomic E-state index is -2.97. The summed E-state index contributed by atoms with van der Waals surface area (Å²) in [6, 6.07) is 4.31. The molecule has 0 aliphatic carbocycles. The van der Waals surface area contributed by atoms with Gasteiger partial charge in [0.2, 0.25) is 0 Å². The number of ether oxygens (including phenoxy) is 1. The maximum absolute atomic E-state index is 11.9. The predicted molar refractivity (Wildman–Crippen MR) is 121 cm³/mol. The van der Waals surface area contributed by atoms with Crippen molar-refractivity contribution in [2.75, 3.05) is 65.9 Å². The van der Waals surface area contributed by atoms with Crippen molar-refractivity contribution < 1.29 is 13.2 Å². The van der Waals surface area contributed by atoms with Crippen molar-refractivity contribution in [1.82, 2.24) is 15.3 Å². The Bertz CT molecular complexity index is 1090. The molecule has 4 heterocycles. The molecule has 2 aromatic rings. The van der Waals surface area contributed by atoms with Crippen molar-refractivity contribution in [1.29, 1.82) is 0 Å². The summed E-state index contributed by atoms with van der Waals surface area (Å²) < 4.78 is 30.2. The van der Waals surface area contributed by atoms with Gasteiger partial charge in [0, 0.05) is 45.0 Å². The van der Waals surface area contributed by atoms with E-state index in [0.29, 0.717) is 18.9 Å². The average molecular weight is 445 g/mol. The summed E-state index contributed by atoms with van der Waals surface area (Å²) >= 11 is 0. The number of nitrogens with zero attached hydrogens (tertiary/aromatic N) is 4. The monoisotopic (exact) mass is 444 g/mol. The predicted octanol–water partition coefficient (Wildman–Crippen LogP) is 1.63. The zero-order valence-electron chi connectivity index (χ0n) is 17.9. The summed E-state index contributed by atoms with van der Waals surface area (Å²) in [5.74, 6) is 2.55. The van der Waals surface area contributed by atoms with E-state index < -0.39 is 9.84 Å². The van der Waals surface area contributed by atoms with Gasteiger partial charge in [-0.2, -0.15) is 0 Å². The number of hydrogen-bond acceptors (Lipinski definition) is 9. The van der Waals surface area contributed by atoms with Crippen molar-refractivity contribution in [2.24, 2.45) is 0 Å². The Morgan fingerprint density at radius 2 is 1.81 bits per heavy atom.